The Hall–Kier alpha value is -0.263. The summed E-state index contributed by atoms with van der Waals surface area (Å²) in [6, 6.07) is 0. The van der Waals surface area contributed by atoms with Gasteiger partial charge in [-0.1, -0.05) is 38.9 Å². The summed E-state index contributed by atoms with van der Waals surface area (Å²) in [5.74, 6) is 3.71. The maximum atomic E-state index is 9.98. The summed E-state index contributed by atoms with van der Waals surface area (Å²) in [5, 5.41) is 9.98. The van der Waals surface area contributed by atoms with Gasteiger partial charge in [-0.2, -0.15) is 0 Å². The second-order valence-corrected chi connectivity index (χ2v) is 10.5. The molecule has 1 atom stereocenters. The fraction of sp³-hybridized carbons (Fsp3) is 0.846. The Morgan fingerprint density at radius 2 is 1.80 bits per heavy atom. The van der Waals surface area contributed by atoms with E-state index in [-0.39, 0.29) is 6.10 Å². The van der Waals surface area contributed by atoms with Crippen molar-refractivity contribution in [1.29, 1.82) is 0 Å². The van der Waals surface area contributed by atoms with E-state index < -0.39 is 8.07 Å². The van der Waals surface area contributed by atoms with Crippen molar-refractivity contribution < 1.29 is 5.11 Å². The van der Waals surface area contributed by atoms with Gasteiger partial charge in [-0.25, -0.2) is 0 Å². The fourth-order valence-electron chi connectivity index (χ4n) is 2.11. The van der Waals surface area contributed by atoms with Crippen molar-refractivity contribution >= 4 is 8.07 Å². The van der Waals surface area contributed by atoms with Crippen LogP contribution in [0.5, 0.6) is 0 Å². The average molecular weight is 224 g/mol. The Bertz CT molecular complexity index is 237. The van der Waals surface area contributed by atoms with E-state index in [1.165, 1.54) is 32.1 Å². The molecule has 1 aliphatic rings. The van der Waals surface area contributed by atoms with Crippen LogP contribution in [0.2, 0.25) is 19.6 Å². The van der Waals surface area contributed by atoms with E-state index in [1.54, 1.807) is 0 Å². The molecule has 1 fully saturated rings. The lowest BCUT2D eigenvalue weighted by Crippen LogP contribution is -2.23. The van der Waals surface area contributed by atoms with Gasteiger partial charge in [0.05, 0.1) is 6.10 Å². The highest BCUT2D eigenvalue weighted by molar-refractivity contribution is 6.83. The molecule has 15 heavy (non-hydrogen) atoms. The number of rotatable bonds is 2. The smallest absolute Gasteiger partial charge is 0.129 e. The normalized spacial score (nSPS) is 20.5. The van der Waals surface area contributed by atoms with E-state index in [1.807, 2.05) is 0 Å². The van der Waals surface area contributed by atoms with Crippen molar-refractivity contribution in [2.75, 3.05) is 0 Å². The molecule has 0 aromatic heterocycles. The maximum absolute atomic E-state index is 9.98. The van der Waals surface area contributed by atoms with Crippen molar-refractivity contribution in [3.63, 3.8) is 0 Å². The van der Waals surface area contributed by atoms with Gasteiger partial charge in [0.25, 0.3) is 0 Å². The molecule has 0 heterocycles. The molecular formula is C13H24OSi. The Morgan fingerprint density at radius 3 is 2.33 bits per heavy atom. The standard InChI is InChI=1S/C13H24OSi/c1-15(2,3)11-7-10-13(14)12-8-5-4-6-9-12/h12-14H,4-6,8-10H2,1-3H3/t13-/m1/s1. The third kappa shape index (κ3) is 5.39. The van der Waals surface area contributed by atoms with E-state index in [2.05, 4.69) is 31.1 Å². The SMILES string of the molecule is C[Si](C)(C)C#CC[C@@H](O)C1CCCCC1. The van der Waals surface area contributed by atoms with Gasteiger partial charge in [0.15, 0.2) is 0 Å². The van der Waals surface area contributed by atoms with Crippen LogP contribution in [0.1, 0.15) is 38.5 Å². The lowest BCUT2D eigenvalue weighted by Gasteiger charge is -2.25. The van der Waals surface area contributed by atoms with E-state index >= 15 is 0 Å². The monoisotopic (exact) mass is 224 g/mol. The summed E-state index contributed by atoms with van der Waals surface area (Å²) in [6.45, 7) is 6.73. The molecule has 0 saturated heterocycles. The summed E-state index contributed by atoms with van der Waals surface area (Å²) >= 11 is 0. The second kappa shape index (κ2) is 5.72. The molecule has 0 aromatic carbocycles. The minimum absolute atomic E-state index is 0.172. The van der Waals surface area contributed by atoms with Crippen LogP contribution in [-0.2, 0) is 0 Å². The maximum Gasteiger partial charge on any atom is 0.129 e. The molecule has 0 aromatic rings. The highest BCUT2D eigenvalue weighted by Gasteiger charge is 2.20. The first kappa shape index (κ1) is 12.8. The number of hydrogen-bond donors (Lipinski definition) is 1. The first-order chi connectivity index (χ1) is 6.99. The molecule has 1 N–H and O–H groups in total. The van der Waals surface area contributed by atoms with Gasteiger partial charge in [-0.05, 0) is 18.8 Å². The van der Waals surface area contributed by atoms with Crippen molar-refractivity contribution in [3.8, 4) is 11.5 Å². The zero-order chi connectivity index (χ0) is 11.3. The van der Waals surface area contributed by atoms with Crippen molar-refractivity contribution in [3.05, 3.63) is 0 Å². The quantitative estimate of drug-likeness (QED) is 0.564. The molecule has 86 valence electrons. The Labute approximate surface area is 95.3 Å². The van der Waals surface area contributed by atoms with E-state index in [0.717, 1.165) is 0 Å². The molecule has 1 aliphatic carbocycles. The van der Waals surface area contributed by atoms with Crippen molar-refractivity contribution in [1.82, 2.24) is 0 Å². The Morgan fingerprint density at radius 1 is 1.20 bits per heavy atom. The first-order valence-corrected chi connectivity index (χ1v) is 9.67. The zero-order valence-electron chi connectivity index (χ0n) is 10.3. The van der Waals surface area contributed by atoms with Gasteiger partial charge >= 0.3 is 0 Å². The molecule has 1 rings (SSSR count). The summed E-state index contributed by atoms with van der Waals surface area (Å²) < 4.78 is 0. The molecular weight excluding hydrogens is 200 g/mol. The van der Waals surface area contributed by atoms with Gasteiger partial charge in [-0.3, -0.25) is 0 Å². The first-order valence-electron chi connectivity index (χ1n) is 6.17. The van der Waals surface area contributed by atoms with Crippen LogP contribution < -0.4 is 0 Å². The van der Waals surface area contributed by atoms with E-state index in [4.69, 9.17) is 0 Å². The number of hydrogen-bond acceptors (Lipinski definition) is 1. The molecule has 1 saturated carbocycles. The largest absolute Gasteiger partial charge is 0.392 e. The highest BCUT2D eigenvalue weighted by Crippen LogP contribution is 2.27. The third-order valence-electron chi connectivity index (χ3n) is 2.97. The van der Waals surface area contributed by atoms with Gasteiger partial charge in [0.2, 0.25) is 0 Å². The number of aliphatic hydroxyl groups is 1. The van der Waals surface area contributed by atoms with Gasteiger partial charge < -0.3 is 5.11 Å². The lowest BCUT2D eigenvalue weighted by molar-refractivity contribution is 0.0892. The van der Waals surface area contributed by atoms with Crippen LogP contribution in [0.3, 0.4) is 0 Å². The zero-order valence-corrected chi connectivity index (χ0v) is 11.3. The van der Waals surface area contributed by atoms with Crippen LogP contribution >= 0.6 is 0 Å². The summed E-state index contributed by atoms with van der Waals surface area (Å²) in [6.07, 6.45) is 6.87. The average Bonchev–Trinajstić information content (AvgIpc) is 2.17. The van der Waals surface area contributed by atoms with E-state index in [9.17, 15) is 5.11 Å². The Kier molecular flexibility index (Phi) is 4.88. The molecule has 0 amide bonds. The van der Waals surface area contributed by atoms with Crippen molar-refractivity contribution in [2.45, 2.75) is 64.3 Å². The molecule has 0 unspecified atom stereocenters. The van der Waals surface area contributed by atoms with Crippen LogP contribution in [-0.4, -0.2) is 19.3 Å². The summed E-state index contributed by atoms with van der Waals surface area (Å²) in [4.78, 5) is 0. The minimum Gasteiger partial charge on any atom is -0.392 e. The number of aliphatic hydroxyl groups excluding tert-OH is 1. The highest BCUT2D eigenvalue weighted by atomic mass is 28.3. The van der Waals surface area contributed by atoms with Gasteiger partial charge in [-0.15, -0.1) is 11.5 Å². The molecule has 0 spiro atoms. The summed E-state index contributed by atoms with van der Waals surface area (Å²) in [5.41, 5.74) is 3.32. The molecule has 0 aliphatic heterocycles. The minimum atomic E-state index is -1.25. The molecule has 2 heteroatoms. The lowest BCUT2D eigenvalue weighted by atomic mass is 9.84. The summed E-state index contributed by atoms with van der Waals surface area (Å²) in [7, 11) is -1.25. The van der Waals surface area contributed by atoms with Gasteiger partial charge in [0, 0.05) is 6.42 Å². The fourth-order valence-corrected chi connectivity index (χ4v) is 2.74. The second-order valence-electron chi connectivity index (χ2n) is 5.72. The van der Waals surface area contributed by atoms with Gasteiger partial charge in [0.1, 0.15) is 8.07 Å². The molecule has 0 radical (unpaired) electrons. The molecule has 1 nitrogen and oxygen atoms in total. The topological polar surface area (TPSA) is 20.2 Å². The third-order valence-corrected chi connectivity index (χ3v) is 3.90. The molecule has 0 bridgehead atoms. The van der Waals surface area contributed by atoms with Crippen LogP contribution in [0.4, 0.5) is 0 Å². The predicted octanol–water partition coefficient (Wildman–Crippen LogP) is 3.20. The Balaban J connectivity index is 2.33. The van der Waals surface area contributed by atoms with Crippen LogP contribution in [0.15, 0.2) is 0 Å². The predicted molar refractivity (Wildman–Crippen MR) is 68.3 cm³/mol. The van der Waals surface area contributed by atoms with Crippen molar-refractivity contribution in [2.24, 2.45) is 5.92 Å². The van der Waals surface area contributed by atoms with E-state index in [0.29, 0.717) is 12.3 Å². The van der Waals surface area contributed by atoms with Crippen LogP contribution in [0.25, 0.3) is 0 Å². The van der Waals surface area contributed by atoms with Crippen LogP contribution in [0, 0.1) is 17.4 Å².